The zero-order valence-electron chi connectivity index (χ0n) is 39.2. The van der Waals surface area contributed by atoms with Crippen molar-refractivity contribution in [3.63, 3.8) is 0 Å². The third-order valence-corrected chi connectivity index (χ3v) is 13.1. The Labute approximate surface area is 408 Å². The molecule has 2 aliphatic heterocycles. The first-order valence-corrected chi connectivity index (χ1v) is 22.3. The van der Waals surface area contributed by atoms with Crippen molar-refractivity contribution in [2.75, 3.05) is 39.3 Å². The molecule has 2 fully saturated rings. The maximum atomic E-state index is 14.1. The van der Waals surface area contributed by atoms with Gasteiger partial charge >= 0.3 is 11.9 Å². The van der Waals surface area contributed by atoms with Crippen LogP contribution in [0.4, 0.5) is 0 Å². The standard InChI is InChI=1S/C49H59N7O8.3ClH/c1-9-36-42(30-11-13-38-32(19-30)21-34(52(38)7)25-54-15-17-56(18-16-54)27(3)4)50-46(58)40(44(36)57)49(62)64-45-37(10-2)43(51-47(59)41(45)48(60)61)31-12-14-39-33(20-31)22-35(53(39)8)26-55-23-28(5)63-29(6)24-55;;;/h11-14,19-22,27-29H,9-10,15-18,23-26H2,1-8H3,(H,51,59)(H,60,61)(H2,50,57,58);3*1H/t28-,29+;;;. The summed E-state index contributed by atoms with van der Waals surface area (Å²) in [5.74, 6) is -3.97. The van der Waals surface area contributed by atoms with Gasteiger partial charge in [-0.2, -0.15) is 0 Å². The van der Waals surface area contributed by atoms with Crippen molar-refractivity contribution < 1.29 is 29.3 Å². The van der Waals surface area contributed by atoms with Crippen LogP contribution >= 0.6 is 37.2 Å². The summed E-state index contributed by atoms with van der Waals surface area (Å²) in [6, 6.07) is 16.2. The largest absolute Gasteiger partial charge is 0.506 e. The van der Waals surface area contributed by atoms with E-state index in [2.05, 4.69) is 73.6 Å². The minimum absolute atomic E-state index is 0. The number of aromatic carboxylic acids is 1. The number of carboxylic acids is 1. The molecule has 6 heterocycles. The number of esters is 1. The van der Waals surface area contributed by atoms with Gasteiger partial charge in [0.2, 0.25) is 0 Å². The highest BCUT2D eigenvalue weighted by molar-refractivity contribution is 5.99. The number of hydrogen-bond acceptors (Lipinski definition) is 10. The molecule has 8 rings (SSSR count). The van der Waals surface area contributed by atoms with Gasteiger partial charge in [0.25, 0.3) is 11.1 Å². The summed E-state index contributed by atoms with van der Waals surface area (Å²) >= 11 is 0. The molecule has 0 radical (unpaired) electrons. The number of nitrogens with one attached hydrogen (secondary N) is 2. The molecule has 2 aliphatic rings. The van der Waals surface area contributed by atoms with Gasteiger partial charge < -0.3 is 38.8 Å². The number of pyridine rings is 2. The number of carbonyl (C=O) groups excluding carboxylic acids is 1. The molecule has 4 N–H and O–H groups in total. The van der Waals surface area contributed by atoms with Gasteiger partial charge in [-0.05, 0) is 88.1 Å². The molecule has 2 aromatic carbocycles. The Hall–Kier alpha value is -5.13. The molecule has 0 amide bonds. The van der Waals surface area contributed by atoms with E-state index in [1.165, 1.54) is 0 Å². The quantitative estimate of drug-likeness (QED) is 0.0892. The van der Waals surface area contributed by atoms with Gasteiger partial charge in [0, 0.05) is 117 Å². The number of rotatable bonds is 12. The van der Waals surface area contributed by atoms with Crippen molar-refractivity contribution in [1.82, 2.24) is 33.8 Å². The summed E-state index contributed by atoms with van der Waals surface area (Å²) in [7, 11) is 4.05. The van der Waals surface area contributed by atoms with Gasteiger partial charge in [0.1, 0.15) is 5.75 Å². The number of benzene rings is 2. The van der Waals surface area contributed by atoms with Gasteiger partial charge in [0.05, 0.1) is 23.6 Å². The van der Waals surface area contributed by atoms with Crippen LogP contribution in [0.2, 0.25) is 0 Å². The van der Waals surface area contributed by atoms with E-state index >= 15 is 0 Å². The number of hydrogen-bond donors (Lipinski definition) is 4. The Kier molecular flexibility index (Phi) is 16.9. The fourth-order valence-electron chi connectivity index (χ4n) is 9.80. The summed E-state index contributed by atoms with van der Waals surface area (Å²) in [5.41, 5.74) is 3.25. The number of aryl methyl sites for hydroxylation is 2. The number of fused-ring (bicyclic) bond motifs is 2. The summed E-state index contributed by atoms with van der Waals surface area (Å²) in [6.45, 7) is 19.3. The van der Waals surface area contributed by atoms with Crippen molar-refractivity contribution >= 4 is 71.0 Å². The monoisotopic (exact) mass is 981 g/mol. The van der Waals surface area contributed by atoms with Crippen LogP contribution in [0.25, 0.3) is 44.3 Å². The van der Waals surface area contributed by atoms with Crippen LogP contribution < -0.4 is 15.9 Å². The van der Waals surface area contributed by atoms with Crippen LogP contribution in [0.5, 0.6) is 11.5 Å². The first-order chi connectivity index (χ1) is 30.6. The predicted molar refractivity (Wildman–Crippen MR) is 269 cm³/mol. The smallest absolute Gasteiger partial charge is 0.353 e. The predicted octanol–water partition coefficient (Wildman–Crippen LogP) is 7.53. The molecule has 18 heteroatoms. The second kappa shape index (κ2) is 21.4. The van der Waals surface area contributed by atoms with Gasteiger partial charge in [-0.15, -0.1) is 37.2 Å². The second-order valence-electron chi connectivity index (χ2n) is 17.7. The first-order valence-electron chi connectivity index (χ1n) is 22.3. The molecule has 0 bridgehead atoms. The Balaban J connectivity index is 0.00000280. The highest BCUT2D eigenvalue weighted by atomic mass is 35.5. The zero-order chi connectivity index (χ0) is 45.7. The minimum Gasteiger partial charge on any atom is -0.506 e. The SMILES string of the molecule is CCc1c(-c2ccc3c(c2)cc(CN2CCN(C(C)C)CC2)n3C)[nH]c(=O)c(C(=O)Oc2c(CC)c(-c3ccc4c(c3)cc(CN3C[C@@H](C)O[C@@H](C)C3)n4C)[nH]c(=O)c2C(=O)O)c1O.Cl.Cl.Cl. The Morgan fingerprint density at radius 2 is 1.21 bits per heavy atom. The van der Waals surface area contributed by atoms with Crippen molar-refractivity contribution in [1.29, 1.82) is 0 Å². The molecule has 6 aromatic rings. The number of piperazine rings is 1. The summed E-state index contributed by atoms with van der Waals surface area (Å²) in [4.78, 5) is 67.0. The molecule has 362 valence electrons. The van der Waals surface area contributed by atoms with E-state index in [0.29, 0.717) is 28.4 Å². The highest BCUT2D eigenvalue weighted by Gasteiger charge is 2.31. The number of nitrogens with zero attached hydrogens (tertiary/aromatic N) is 5. The minimum atomic E-state index is -1.61. The van der Waals surface area contributed by atoms with Crippen LogP contribution in [-0.2, 0) is 44.8 Å². The molecule has 0 spiro atoms. The molecule has 0 saturated carbocycles. The van der Waals surface area contributed by atoms with Crippen molar-refractivity contribution in [2.24, 2.45) is 14.1 Å². The third-order valence-electron chi connectivity index (χ3n) is 13.1. The lowest BCUT2D eigenvalue weighted by atomic mass is 9.99. The number of aromatic nitrogens is 4. The van der Waals surface area contributed by atoms with Crippen LogP contribution in [-0.4, -0.2) is 113 Å². The van der Waals surface area contributed by atoms with Crippen LogP contribution in [0, 0.1) is 0 Å². The number of aromatic amines is 2. The van der Waals surface area contributed by atoms with Gasteiger partial charge in [-0.1, -0.05) is 26.0 Å². The molecular weight excluding hydrogens is 921 g/mol. The topological polar surface area (TPSA) is 178 Å². The van der Waals surface area contributed by atoms with E-state index in [9.17, 15) is 29.4 Å². The number of H-pyrrole nitrogens is 2. The maximum absolute atomic E-state index is 14.1. The van der Waals surface area contributed by atoms with E-state index in [-0.39, 0.29) is 73.5 Å². The molecule has 67 heavy (non-hydrogen) atoms. The summed E-state index contributed by atoms with van der Waals surface area (Å²) in [6.07, 6.45) is 0.638. The summed E-state index contributed by atoms with van der Waals surface area (Å²) < 4.78 is 16.0. The lowest BCUT2D eigenvalue weighted by Gasteiger charge is -2.36. The van der Waals surface area contributed by atoms with Gasteiger partial charge in [-0.25, -0.2) is 9.59 Å². The lowest BCUT2D eigenvalue weighted by Crippen LogP contribution is -2.48. The second-order valence-corrected chi connectivity index (χ2v) is 17.7. The summed E-state index contributed by atoms with van der Waals surface area (Å²) in [5, 5.41) is 23.8. The molecular formula is C49H62Cl3N7O8. The number of ether oxygens (including phenoxy) is 2. The average molecular weight is 983 g/mol. The van der Waals surface area contributed by atoms with Crippen LogP contribution in [0.3, 0.4) is 0 Å². The molecule has 0 unspecified atom stereocenters. The van der Waals surface area contributed by atoms with Crippen LogP contribution in [0.1, 0.15) is 84.8 Å². The van der Waals surface area contributed by atoms with Crippen molar-refractivity contribution in [3.05, 3.63) is 103 Å². The van der Waals surface area contributed by atoms with E-state index in [4.69, 9.17) is 9.47 Å². The Morgan fingerprint density at radius 3 is 1.69 bits per heavy atom. The molecule has 15 nitrogen and oxygen atoms in total. The number of carboxylic acid groups (broad SMARTS) is 1. The fraction of sp³-hybridized carbons (Fsp3) is 0.429. The Morgan fingerprint density at radius 1 is 0.731 bits per heavy atom. The van der Waals surface area contributed by atoms with E-state index < -0.39 is 45.7 Å². The fourth-order valence-corrected chi connectivity index (χ4v) is 9.80. The number of carbonyl (C=O) groups is 2. The normalized spacial score (nSPS) is 17.0. The van der Waals surface area contributed by atoms with E-state index in [1.807, 2.05) is 50.5 Å². The number of aromatic hydroxyl groups is 1. The molecule has 2 saturated heterocycles. The third kappa shape index (κ3) is 10.3. The van der Waals surface area contributed by atoms with Crippen molar-refractivity contribution in [2.45, 2.75) is 85.7 Å². The first kappa shape index (κ1) is 52.8. The van der Waals surface area contributed by atoms with Crippen LogP contribution in [0.15, 0.2) is 58.1 Å². The average Bonchev–Trinajstić information content (AvgIpc) is 3.72. The van der Waals surface area contributed by atoms with Gasteiger partial charge in [0.15, 0.2) is 16.9 Å². The van der Waals surface area contributed by atoms with E-state index in [0.717, 1.165) is 85.6 Å². The number of halogens is 3. The molecule has 4 aromatic heterocycles. The van der Waals surface area contributed by atoms with Gasteiger partial charge in [-0.3, -0.25) is 24.3 Å². The van der Waals surface area contributed by atoms with Crippen molar-refractivity contribution in [3.8, 4) is 34.0 Å². The molecule has 2 atom stereocenters. The molecule has 0 aliphatic carbocycles. The lowest BCUT2D eigenvalue weighted by molar-refractivity contribution is -0.0709. The number of morpholine rings is 1. The Bertz CT molecular complexity index is 2900. The zero-order valence-corrected chi connectivity index (χ0v) is 41.7. The van der Waals surface area contributed by atoms with E-state index in [1.54, 1.807) is 13.8 Å². The highest BCUT2D eigenvalue weighted by Crippen LogP contribution is 2.36. The maximum Gasteiger partial charge on any atom is 0.353 e.